The number of pyridine rings is 1. The maximum absolute atomic E-state index is 11.9. The van der Waals surface area contributed by atoms with E-state index in [1.165, 1.54) is 0 Å². The lowest BCUT2D eigenvalue weighted by Crippen LogP contribution is -2.30. The van der Waals surface area contributed by atoms with E-state index in [0.29, 0.717) is 23.7 Å². The van der Waals surface area contributed by atoms with E-state index in [1.54, 1.807) is 19.2 Å². The van der Waals surface area contributed by atoms with E-state index in [9.17, 15) is 4.79 Å². The van der Waals surface area contributed by atoms with Crippen molar-refractivity contribution in [3.8, 4) is 0 Å². The Kier molecular flexibility index (Phi) is 4.95. The molecule has 1 aromatic rings. The summed E-state index contributed by atoms with van der Waals surface area (Å²) >= 11 is 0. The molecule has 0 aliphatic carbocycles. The average molecular weight is 251 g/mol. The van der Waals surface area contributed by atoms with Gasteiger partial charge in [-0.25, -0.2) is 9.78 Å². The van der Waals surface area contributed by atoms with Crippen LogP contribution < -0.4 is 10.6 Å². The van der Waals surface area contributed by atoms with Gasteiger partial charge in [-0.15, -0.1) is 0 Å². The molecule has 1 aromatic heterocycles. The summed E-state index contributed by atoms with van der Waals surface area (Å²) in [6.07, 6.45) is 2.52. The summed E-state index contributed by atoms with van der Waals surface area (Å²) in [5, 5.41) is 0. The Bertz CT molecular complexity index is 421. The monoisotopic (exact) mass is 251 g/mol. The summed E-state index contributed by atoms with van der Waals surface area (Å²) < 4.78 is 5.03. The standard InChI is InChI=1S/C13H21N3O2/c1-5-9(3)16(4)12-11(13(17)18-6-2)7-10(14)8-15-12/h7-9H,5-6,14H2,1-4H3. The number of nitrogens with zero attached hydrogens (tertiary/aromatic N) is 2. The van der Waals surface area contributed by atoms with E-state index < -0.39 is 0 Å². The van der Waals surface area contributed by atoms with Crippen LogP contribution in [0.2, 0.25) is 0 Å². The summed E-state index contributed by atoms with van der Waals surface area (Å²) in [6, 6.07) is 1.90. The Morgan fingerprint density at radius 2 is 2.22 bits per heavy atom. The van der Waals surface area contributed by atoms with Crippen molar-refractivity contribution in [2.75, 3.05) is 24.3 Å². The number of ether oxygens (including phenoxy) is 1. The number of carbonyl (C=O) groups excluding carboxylic acids is 1. The van der Waals surface area contributed by atoms with Crippen LogP contribution in [0.25, 0.3) is 0 Å². The number of aromatic nitrogens is 1. The van der Waals surface area contributed by atoms with Gasteiger partial charge in [-0.2, -0.15) is 0 Å². The summed E-state index contributed by atoms with van der Waals surface area (Å²) in [5.41, 5.74) is 6.56. The minimum absolute atomic E-state index is 0.286. The molecule has 0 aromatic carbocycles. The molecule has 0 aliphatic rings. The van der Waals surface area contributed by atoms with Crippen LogP contribution in [-0.2, 0) is 4.74 Å². The zero-order chi connectivity index (χ0) is 13.7. The summed E-state index contributed by atoms with van der Waals surface area (Å²) in [4.78, 5) is 18.1. The second-order valence-corrected chi connectivity index (χ2v) is 4.23. The second kappa shape index (κ2) is 6.23. The van der Waals surface area contributed by atoms with Gasteiger partial charge in [-0.3, -0.25) is 0 Å². The number of nitrogens with two attached hydrogens (primary N) is 1. The number of esters is 1. The normalized spacial score (nSPS) is 12.0. The molecule has 0 aliphatic heterocycles. The maximum Gasteiger partial charge on any atom is 0.341 e. The first-order valence-electron chi connectivity index (χ1n) is 6.16. The SMILES string of the molecule is CCOC(=O)c1cc(N)cnc1N(C)C(C)CC. The molecule has 0 saturated heterocycles. The summed E-state index contributed by atoms with van der Waals surface area (Å²) in [5.74, 6) is 0.222. The first-order chi connectivity index (χ1) is 8.51. The third-order valence-electron chi connectivity index (χ3n) is 2.97. The van der Waals surface area contributed by atoms with Crippen LogP contribution in [0.15, 0.2) is 12.3 Å². The minimum Gasteiger partial charge on any atom is -0.462 e. The fourth-order valence-electron chi connectivity index (χ4n) is 1.60. The zero-order valence-electron chi connectivity index (χ0n) is 11.4. The Labute approximate surface area is 108 Å². The van der Waals surface area contributed by atoms with Gasteiger partial charge in [-0.1, -0.05) is 6.92 Å². The molecule has 5 heteroatoms. The second-order valence-electron chi connectivity index (χ2n) is 4.23. The molecule has 2 N–H and O–H groups in total. The summed E-state index contributed by atoms with van der Waals surface area (Å²) in [7, 11) is 1.91. The van der Waals surface area contributed by atoms with E-state index in [-0.39, 0.29) is 12.0 Å². The minimum atomic E-state index is -0.387. The first kappa shape index (κ1) is 14.3. The molecule has 0 amide bonds. The molecule has 1 unspecified atom stereocenters. The van der Waals surface area contributed by atoms with Crippen LogP contribution in [0.5, 0.6) is 0 Å². The number of carbonyl (C=O) groups is 1. The van der Waals surface area contributed by atoms with Crippen molar-refractivity contribution >= 4 is 17.5 Å². The Balaban J connectivity index is 3.14. The predicted octanol–water partition coefficient (Wildman–Crippen LogP) is 2.08. The third kappa shape index (κ3) is 3.12. The molecule has 1 heterocycles. The van der Waals surface area contributed by atoms with Crippen molar-refractivity contribution in [2.24, 2.45) is 0 Å². The van der Waals surface area contributed by atoms with Crippen molar-refractivity contribution in [1.29, 1.82) is 0 Å². The van der Waals surface area contributed by atoms with Gasteiger partial charge in [0.05, 0.1) is 18.5 Å². The first-order valence-corrected chi connectivity index (χ1v) is 6.16. The molecular weight excluding hydrogens is 230 g/mol. The Hall–Kier alpha value is -1.78. The van der Waals surface area contributed by atoms with E-state index in [4.69, 9.17) is 10.5 Å². The third-order valence-corrected chi connectivity index (χ3v) is 2.97. The summed E-state index contributed by atoms with van der Waals surface area (Å²) in [6.45, 7) is 6.27. The van der Waals surface area contributed by atoms with Crippen LogP contribution in [0, 0.1) is 0 Å². The van der Waals surface area contributed by atoms with Crippen LogP contribution >= 0.6 is 0 Å². The molecule has 18 heavy (non-hydrogen) atoms. The van der Waals surface area contributed by atoms with Crippen LogP contribution in [0.3, 0.4) is 0 Å². The molecule has 0 spiro atoms. The van der Waals surface area contributed by atoms with Gasteiger partial charge < -0.3 is 15.4 Å². The molecular formula is C13H21N3O2. The molecule has 0 fully saturated rings. The van der Waals surface area contributed by atoms with E-state index in [2.05, 4.69) is 18.8 Å². The lowest BCUT2D eigenvalue weighted by molar-refractivity contribution is 0.0526. The molecule has 0 bridgehead atoms. The smallest absolute Gasteiger partial charge is 0.341 e. The highest BCUT2D eigenvalue weighted by Crippen LogP contribution is 2.22. The highest BCUT2D eigenvalue weighted by molar-refractivity contribution is 5.95. The van der Waals surface area contributed by atoms with Crippen LogP contribution in [0.4, 0.5) is 11.5 Å². The molecule has 1 rings (SSSR count). The predicted molar refractivity (Wildman–Crippen MR) is 72.8 cm³/mol. The molecule has 0 radical (unpaired) electrons. The van der Waals surface area contributed by atoms with Crippen molar-refractivity contribution in [1.82, 2.24) is 4.98 Å². The Morgan fingerprint density at radius 1 is 1.56 bits per heavy atom. The van der Waals surface area contributed by atoms with Gasteiger partial charge in [0.2, 0.25) is 0 Å². The van der Waals surface area contributed by atoms with E-state index in [1.807, 2.05) is 11.9 Å². The van der Waals surface area contributed by atoms with Gasteiger partial charge in [0.15, 0.2) is 0 Å². The fraction of sp³-hybridized carbons (Fsp3) is 0.538. The van der Waals surface area contributed by atoms with Crippen LogP contribution in [-0.4, -0.2) is 30.6 Å². The molecule has 5 nitrogen and oxygen atoms in total. The van der Waals surface area contributed by atoms with Gasteiger partial charge in [0.25, 0.3) is 0 Å². The Morgan fingerprint density at radius 3 is 2.78 bits per heavy atom. The fourth-order valence-corrected chi connectivity index (χ4v) is 1.60. The van der Waals surface area contributed by atoms with Crippen molar-refractivity contribution in [3.05, 3.63) is 17.8 Å². The number of hydrogen-bond donors (Lipinski definition) is 1. The molecule has 0 saturated carbocycles. The zero-order valence-corrected chi connectivity index (χ0v) is 11.4. The van der Waals surface area contributed by atoms with Gasteiger partial charge in [0.1, 0.15) is 11.4 Å². The van der Waals surface area contributed by atoms with Gasteiger partial charge >= 0.3 is 5.97 Å². The lowest BCUT2D eigenvalue weighted by Gasteiger charge is -2.26. The van der Waals surface area contributed by atoms with Crippen molar-refractivity contribution < 1.29 is 9.53 Å². The quantitative estimate of drug-likeness (QED) is 0.811. The highest BCUT2D eigenvalue weighted by Gasteiger charge is 2.19. The number of hydrogen-bond acceptors (Lipinski definition) is 5. The number of nitrogen functional groups attached to an aromatic ring is 1. The average Bonchev–Trinajstić information content (AvgIpc) is 2.37. The van der Waals surface area contributed by atoms with Gasteiger partial charge in [-0.05, 0) is 26.3 Å². The largest absolute Gasteiger partial charge is 0.462 e. The van der Waals surface area contributed by atoms with Crippen molar-refractivity contribution in [3.63, 3.8) is 0 Å². The number of rotatable bonds is 5. The maximum atomic E-state index is 11.9. The molecule has 1 atom stereocenters. The topological polar surface area (TPSA) is 68.5 Å². The molecule has 100 valence electrons. The van der Waals surface area contributed by atoms with Crippen LogP contribution in [0.1, 0.15) is 37.6 Å². The number of anilines is 2. The van der Waals surface area contributed by atoms with Gasteiger partial charge in [0, 0.05) is 13.1 Å². The van der Waals surface area contributed by atoms with Crippen molar-refractivity contribution in [2.45, 2.75) is 33.2 Å². The van der Waals surface area contributed by atoms with E-state index >= 15 is 0 Å². The highest BCUT2D eigenvalue weighted by atomic mass is 16.5. The van der Waals surface area contributed by atoms with E-state index in [0.717, 1.165) is 6.42 Å². The lowest BCUT2D eigenvalue weighted by atomic mass is 10.2.